The fourth-order valence-electron chi connectivity index (χ4n) is 1.67. The number of hydrogen-bond acceptors (Lipinski definition) is 3. The Kier molecular flexibility index (Phi) is 2.68. The molecular weight excluding hydrogens is 197 g/mol. The largest absolute Gasteiger partial charge is 0.465 e. The molecule has 0 saturated carbocycles. The molecule has 15 heavy (non-hydrogen) atoms. The van der Waals surface area contributed by atoms with E-state index in [0.29, 0.717) is 5.56 Å². The highest BCUT2D eigenvalue weighted by molar-refractivity contribution is 5.91. The molecule has 1 aromatic carbocycles. The van der Waals surface area contributed by atoms with Crippen LogP contribution in [0.2, 0.25) is 0 Å². The first-order valence-corrected chi connectivity index (χ1v) is 4.83. The van der Waals surface area contributed by atoms with E-state index in [1.165, 1.54) is 19.2 Å². The zero-order valence-corrected chi connectivity index (χ0v) is 8.42. The molecule has 1 aliphatic rings. The topological polar surface area (TPSA) is 38.3 Å². The van der Waals surface area contributed by atoms with Crippen molar-refractivity contribution in [3.8, 4) is 0 Å². The van der Waals surface area contributed by atoms with Crippen molar-refractivity contribution < 1.29 is 13.9 Å². The number of methoxy groups -OCH3 is 1. The molecule has 0 amide bonds. The first kappa shape index (κ1) is 10.1. The van der Waals surface area contributed by atoms with Gasteiger partial charge in [0.1, 0.15) is 5.82 Å². The fourth-order valence-corrected chi connectivity index (χ4v) is 1.67. The van der Waals surface area contributed by atoms with Crippen LogP contribution in [-0.4, -0.2) is 19.6 Å². The van der Waals surface area contributed by atoms with E-state index in [0.717, 1.165) is 18.5 Å². The molecule has 4 heteroatoms. The van der Waals surface area contributed by atoms with Crippen molar-refractivity contribution >= 4 is 5.97 Å². The Morgan fingerprint density at radius 1 is 1.60 bits per heavy atom. The maximum atomic E-state index is 13.0. The lowest BCUT2D eigenvalue weighted by Gasteiger charge is -2.29. The summed E-state index contributed by atoms with van der Waals surface area (Å²) >= 11 is 0. The van der Waals surface area contributed by atoms with Gasteiger partial charge >= 0.3 is 5.97 Å². The number of carbonyl (C=O) groups excluding carboxylic acids is 1. The number of benzene rings is 1. The van der Waals surface area contributed by atoms with Gasteiger partial charge in [-0.2, -0.15) is 0 Å². The van der Waals surface area contributed by atoms with Crippen LogP contribution in [0.1, 0.15) is 28.4 Å². The van der Waals surface area contributed by atoms with Gasteiger partial charge in [-0.3, -0.25) is 0 Å². The normalized spacial score (nSPS) is 19.5. The summed E-state index contributed by atoms with van der Waals surface area (Å²) in [5, 5.41) is 3.17. The van der Waals surface area contributed by atoms with E-state index >= 15 is 0 Å². The molecule has 1 heterocycles. The van der Waals surface area contributed by atoms with Crippen LogP contribution in [0, 0.1) is 5.82 Å². The van der Waals surface area contributed by atoms with E-state index < -0.39 is 11.8 Å². The molecule has 2 rings (SSSR count). The summed E-state index contributed by atoms with van der Waals surface area (Å²) in [5.74, 6) is -0.906. The number of hydrogen-bond donors (Lipinski definition) is 1. The van der Waals surface area contributed by atoms with Crippen molar-refractivity contribution in [1.82, 2.24) is 5.32 Å². The molecule has 0 unspecified atom stereocenters. The first-order chi connectivity index (χ1) is 7.22. The van der Waals surface area contributed by atoms with Crippen molar-refractivity contribution in [3.05, 3.63) is 35.1 Å². The minimum Gasteiger partial charge on any atom is -0.465 e. The Morgan fingerprint density at radius 3 is 2.87 bits per heavy atom. The highest BCUT2D eigenvalue weighted by Crippen LogP contribution is 2.26. The van der Waals surface area contributed by atoms with Gasteiger partial charge in [0.25, 0.3) is 0 Å². The summed E-state index contributed by atoms with van der Waals surface area (Å²) in [6.07, 6.45) is 0.968. The predicted octanol–water partition coefficient (Wildman–Crippen LogP) is 1.65. The van der Waals surface area contributed by atoms with Gasteiger partial charge in [-0.15, -0.1) is 0 Å². The third kappa shape index (κ3) is 1.85. The van der Waals surface area contributed by atoms with E-state index in [4.69, 9.17) is 0 Å². The zero-order valence-electron chi connectivity index (χ0n) is 8.42. The van der Waals surface area contributed by atoms with Crippen LogP contribution in [0.25, 0.3) is 0 Å². The quantitative estimate of drug-likeness (QED) is 0.752. The van der Waals surface area contributed by atoms with Crippen LogP contribution in [-0.2, 0) is 4.74 Å². The van der Waals surface area contributed by atoms with Gasteiger partial charge in [-0.05, 0) is 30.7 Å². The third-order valence-corrected chi connectivity index (χ3v) is 2.62. The van der Waals surface area contributed by atoms with E-state index in [9.17, 15) is 9.18 Å². The lowest BCUT2D eigenvalue weighted by Crippen LogP contribution is -2.36. The summed E-state index contributed by atoms with van der Waals surface area (Å²) in [7, 11) is 1.30. The molecule has 0 bridgehead atoms. The molecule has 1 atom stereocenters. The fraction of sp³-hybridized carbons (Fsp3) is 0.364. The SMILES string of the molecule is COC(=O)c1cc(F)ccc1[C@@H]1CCN1. The van der Waals surface area contributed by atoms with E-state index in [1.807, 2.05) is 0 Å². The van der Waals surface area contributed by atoms with Crippen molar-refractivity contribution in [2.45, 2.75) is 12.5 Å². The van der Waals surface area contributed by atoms with Gasteiger partial charge in [0.05, 0.1) is 12.7 Å². The third-order valence-electron chi connectivity index (χ3n) is 2.62. The second-order valence-electron chi connectivity index (χ2n) is 3.52. The monoisotopic (exact) mass is 209 g/mol. The number of halogens is 1. The molecule has 0 radical (unpaired) electrons. The summed E-state index contributed by atoms with van der Waals surface area (Å²) < 4.78 is 17.6. The van der Waals surface area contributed by atoms with E-state index in [1.54, 1.807) is 6.07 Å². The molecule has 1 aliphatic heterocycles. The molecule has 1 saturated heterocycles. The molecule has 1 N–H and O–H groups in total. The Labute approximate surface area is 87.2 Å². The lowest BCUT2D eigenvalue weighted by atomic mass is 9.93. The second kappa shape index (κ2) is 3.98. The average Bonchev–Trinajstić information content (AvgIpc) is 2.17. The Bertz CT molecular complexity index is 388. The van der Waals surface area contributed by atoms with Gasteiger partial charge in [-0.25, -0.2) is 9.18 Å². The number of ether oxygens (including phenoxy) is 1. The van der Waals surface area contributed by atoms with Gasteiger partial charge < -0.3 is 10.1 Å². The van der Waals surface area contributed by atoms with Crippen molar-refractivity contribution in [3.63, 3.8) is 0 Å². The van der Waals surface area contributed by atoms with Crippen LogP contribution >= 0.6 is 0 Å². The molecule has 0 aromatic heterocycles. The van der Waals surface area contributed by atoms with E-state index in [2.05, 4.69) is 10.1 Å². The number of carbonyl (C=O) groups is 1. The molecule has 3 nitrogen and oxygen atoms in total. The Hall–Kier alpha value is -1.42. The standard InChI is InChI=1S/C11H12FNO2/c1-15-11(14)9-6-7(12)2-3-8(9)10-4-5-13-10/h2-3,6,10,13H,4-5H2,1H3/t10-/m0/s1. The van der Waals surface area contributed by atoms with Crippen molar-refractivity contribution in [2.75, 3.05) is 13.7 Å². The lowest BCUT2D eigenvalue weighted by molar-refractivity contribution is 0.0597. The smallest absolute Gasteiger partial charge is 0.338 e. The van der Waals surface area contributed by atoms with Crippen LogP contribution in [0.15, 0.2) is 18.2 Å². The molecule has 80 valence electrons. The zero-order chi connectivity index (χ0) is 10.8. The second-order valence-corrected chi connectivity index (χ2v) is 3.52. The minimum atomic E-state index is -0.488. The summed E-state index contributed by atoms with van der Waals surface area (Å²) in [6, 6.07) is 4.38. The van der Waals surface area contributed by atoms with Gasteiger partial charge in [0.15, 0.2) is 0 Å². The van der Waals surface area contributed by atoms with Crippen molar-refractivity contribution in [2.24, 2.45) is 0 Å². The number of rotatable bonds is 2. The molecule has 0 aliphatic carbocycles. The average molecular weight is 209 g/mol. The van der Waals surface area contributed by atoms with E-state index in [-0.39, 0.29) is 6.04 Å². The summed E-state index contributed by atoms with van der Waals surface area (Å²) in [4.78, 5) is 11.4. The number of nitrogens with one attached hydrogen (secondary N) is 1. The summed E-state index contributed by atoms with van der Waals surface area (Å²) in [5.41, 5.74) is 1.13. The van der Waals surface area contributed by atoms with Crippen molar-refractivity contribution in [1.29, 1.82) is 0 Å². The Balaban J connectivity index is 2.38. The number of esters is 1. The Morgan fingerprint density at radius 2 is 2.33 bits per heavy atom. The highest BCUT2D eigenvalue weighted by atomic mass is 19.1. The molecule has 1 fully saturated rings. The maximum Gasteiger partial charge on any atom is 0.338 e. The van der Waals surface area contributed by atoms with Crippen LogP contribution in [0.3, 0.4) is 0 Å². The van der Waals surface area contributed by atoms with Gasteiger partial charge in [0, 0.05) is 6.04 Å². The maximum absolute atomic E-state index is 13.0. The molecule has 0 spiro atoms. The first-order valence-electron chi connectivity index (χ1n) is 4.83. The minimum absolute atomic E-state index is 0.152. The highest BCUT2D eigenvalue weighted by Gasteiger charge is 2.24. The molecular formula is C11H12FNO2. The molecule has 1 aromatic rings. The van der Waals surface area contributed by atoms with Gasteiger partial charge in [0.2, 0.25) is 0 Å². The van der Waals surface area contributed by atoms with Crippen LogP contribution in [0.5, 0.6) is 0 Å². The van der Waals surface area contributed by atoms with Gasteiger partial charge in [-0.1, -0.05) is 6.07 Å². The van der Waals surface area contributed by atoms with Crippen LogP contribution < -0.4 is 5.32 Å². The summed E-state index contributed by atoms with van der Waals surface area (Å²) in [6.45, 7) is 0.933. The predicted molar refractivity (Wildman–Crippen MR) is 53.1 cm³/mol. The van der Waals surface area contributed by atoms with Crippen LogP contribution in [0.4, 0.5) is 4.39 Å².